The standard InChI is InChI=1S/C17H23NO/c1-4-13-7-8-15(11-14(13)5-2)17(18-6-3)16-9-10-19-12-16/h7-12,17-18H,4-6H2,1-3H3. The molecule has 0 aliphatic heterocycles. The smallest absolute Gasteiger partial charge is 0.0953 e. The molecule has 0 spiro atoms. The van der Waals surface area contributed by atoms with Gasteiger partial charge in [-0.3, -0.25) is 0 Å². The second kappa shape index (κ2) is 6.58. The molecule has 1 aromatic carbocycles. The summed E-state index contributed by atoms with van der Waals surface area (Å²) in [5.74, 6) is 0. The minimum Gasteiger partial charge on any atom is -0.472 e. The highest BCUT2D eigenvalue weighted by atomic mass is 16.3. The number of furan rings is 1. The predicted molar refractivity (Wildman–Crippen MR) is 79.4 cm³/mol. The predicted octanol–water partition coefficient (Wildman–Crippen LogP) is 4.10. The highest BCUT2D eigenvalue weighted by molar-refractivity contribution is 5.37. The van der Waals surface area contributed by atoms with E-state index >= 15 is 0 Å². The quantitative estimate of drug-likeness (QED) is 0.842. The van der Waals surface area contributed by atoms with Crippen LogP contribution < -0.4 is 5.32 Å². The van der Waals surface area contributed by atoms with Crippen molar-refractivity contribution < 1.29 is 4.42 Å². The van der Waals surface area contributed by atoms with Gasteiger partial charge in [-0.2, -0.15) is 0 Å². The van der Waals surface area contributed by atoms with Crippen LogP contribution in [0.4, 0.5) is 0 Å². The summed E-state index contributed by atoms with van der Waals surface area (Å²) < 4.78 is 5.22. The number of benzene rings is 1. The third-order valence-corrected chi connectivity index (χ3v) is 3.61. The summed E-state index contributed by atoms with van der Waals surface area (Å²) in [6.45, 7) is 7.51. The van der Waals surface area contributed by atoms with Gasteiger partial charge in [0.25, 0.3) is 0 Å². The summed E-state index contributed by atoms with van der Waals surface area (Å²) >= 11 is 0. The molecule has 0 aliphatic carbocycles. The fourth-order valence-electron chi connectivity index (χ4n) is 2.57. The van der Waals surface area contributed by atoms with Crippen LogP contribution in [0, 0.1) is 0 Å². The fourth-order valence-corrected chi connectivity index (χ4v) is 2.57. The molecule has 1 aromatic heterocycles. The minimum absolute atomic E-state index is 0.222. The summed E-state index contributed by atoms with van der Waals surface area (Å²) in [4.78, 5) is 0. The molecule has 0 fully saturated rings. The molecule has 0 aliphatic rings. The highest BCUT2D eigenvalue weighted by Crippen LogP contribution is 2.25. The highest BCUT2D eigenvalue weighted by Gasteiger charge is 2.15. The largest absolute Gasteiger partial charge is 0.472 e. The average Bonchev–Trinajstić information content (AvgIpc) is 2.98. The maximum Gasteiger partial charge on any atom is 0.0953 e. The molecule has 0 radical (unpaired) electrons. The van der Waals surface area contributed by atoms with Crippen LogP contribution in [-0.4, -0.2) is 6.54 Å². The zero-order valence-electron chi connectivity index (χ0n) is 12.1. The van der Waals surface area contributed by atoms with Crippen LogP contribution >= 0.6 is 0 Å². The Balaban J connectivity index is 2.37. The lowest BCUT2D eigenvalue weighted by atomic mass is 9.94. The molecule has 0 bridgehead atoms. The van der Waals surface area contributed by atoms with Gasteiger partial charge in [0.1, 0.15) is 0 Å². The molecular formula is C17H23NO. The zero-order chi connectivity index (χ0) is 13.7. The van der Waals surface area contributed by atoms with E-state index in [1.807, 2.05) is 12.3 Å². The van der Waals surface area contributed by atoms with Gasteiger partial charge in [0, 0.05) is 5.56 Å². The molecule has 1 heterocycles. The van der Waals surface area contributed by atoms with Gasteiger partial charge in [-0.05, 0) is 42.1 Å². The van der Waals surface area contributed by atoms with Crippen molar-refractivity contribution >= 4 is 0 Å². The Morgan fingerprint density at radius 1 is 1.00 bits per heavy atom. The first-order chi connectivity index (χ1) is 9.30. The van der Waals surface area contributed by atoms with Gasteiger partial charge >= 0.3 is 0 Å². The van der Waals surface area contributed by atoms with Crippen LogP contribution in [0.5, 0.6) is 0 Å². The van der Waals surface area contributed by atoms with E-state index in [2.05, 4.69) is 44.3 Å². The van der Waals surface area contributed by atoms with Gasteiger partial charge in [0.05, 0.1) is 18.6 Å². The summed E-state index contributed by atoms with van der Waals surface area (Å²) in [5.41, 5.74) is 5.41. The first-order valence-corrected chi connectivity index (χ1v) is 7.17. The lowest BCUT2D eigenvalue weighted by Gasteiger charge is -2.19. The molecule has 19 heavy (non-hydrogen) atoms. The van der Waals surface area contributed by atoms with Crippen molar-refractivity contribution in [1.82, 2.24) is 5.32 Å². The zero-order valence-corrected chi connectivity index (χ0v) is 12.1. The minimum atomic E-state index is 0.222. The van der Waals surface area contributed by atoms with E-state index in [-0.39, 0.29) is 6.04 Å². The number of hydrogen-bond donors (Lipinski definition) is 1. The third-order valence-electron chi connectivity index (χ3n) is 3.61. The van der Waals surface area contributed by atoms with Crippen LogP contribution in [0.1, 0.15) is 49.1 Å². The van der Waals surface area contributed by atoms with Crippen LogP contribution in [0.15, 0.2) is 41.2 Å². The van der Waals surface area contributed by atoms with Crippen molar-refractivity contribution in [2.45, 2.75) is 39.7 Å². The average molecular weight is 257 g/mol. The molecule has 1 N–H and O–H groups in total. The van der Waals surface area contributed by atoms with Crippen molar-refractivity contribution in [3.63, 3.8) is 0 Å². The second-order valence-electron chi connectivity index (χ2n) is 4.78. The van der Waals surface area contributed by atoms with Gasteiger partial charge in [0.15, 0.2) is 0 Å². The third kappa shape index (κ3) is 3.07. The molecule has 2 aromatic rings. The summed E-state index contributed by atoms with van der Waals surface area (Å²) in [6.07, 6.45) is 5.75. The first-order valence-electron chi connectivity index (χ1n) is 7.17. The van der Waals surface area contributed by atoms with Gasteiger partial charge in [-0.1, -0.05) is 39.0 Å². The van der Waals surface area contributed by atoms with Gasteiger partial charge in [-0.15, -0.1) is 0 Å². The van der Waals surface area contributed by atoms with Crippen LogP contribution in [0.2, 0.25) is 0 Å². The van der Waals surface area contributed by atoms with Crippen molar-refractivity contribution in [1.29, 1.82) is 0 Å². The molecule has 0 saturated carbocycles. The topological polar surface area (TPSA) is 25.2 Å². The monoisotopic (exact) mass is 257 g/mol. The van der Waals surface area contributed by atoms with Crippen LogP contribution in [0.3, 0.4) is 0 Å². The van der Waals surface area contributed by atoms with Crippen molar-refractivity contribution in [2.24, 2.45) is 0 Å². The van der Waals surface area contributed by atoms with Crippen LogP contribution in [0.25, 0.3) is 0 Å². The molecule has 0 saturated heterocycles. The molecule has 1 unspecified atom stereocenters. The van der Waals surface area contributed by atoms with E-state index in [4.69, 9.17) is 4.42 Å². The van der Waals surface area contributed by atoms with E-state index < -0.39 is 0 Å². The van der Waals surface area contributed by atoms with E-state index in [9.17, 15) is 0 Å². The Bertz CT molecular complexity index is 502. The van der Waals surface area contributed by atoms with Crippen LogP contribution in [-0.2, 0) is 12.8 Å². The molecule has 2 heteroatoms. The molecule has 2 nitrogen and oxygen atoms in total. The molecule has 102 valence electrons. The maximum absolute atomic E-state index is 5.22. The molecule has 1 atom stereocenters. The van der Waals surface area contributed by atoms with E-state index in [1.165, 1.54) is 22.3 Å². The lowest BCUT2D eigenvalue weighted by Crippen LogP contribution is -2.21. The second-order valence-corrected chi connectivity index (χ2v) is 4.78. The summed E-state index contributed by atoms with van der Waals surface area (Å²) in [7, 11) is 0. The van der Waals surface area contributed by atoms with Gasteiger partial charge in [0.2, 0.25) is 0 Å². The number of aryl methyl sites for hydroxylation is 2. The molecule has 0 amide bonds. The Morgan fingerprint density at radius 2 is 1.79 bits per heavy atom. The Kier molecular flexibility index (Phi) is 4.80. The maximum atomic E-state index is 5.22. The van der Waals surface area contributed by atoms with E-state index in [1.54, 1.807) is 6.26 Å². The first kappa shape index (κ1) is 13.9. The van der Waals surface area contributed by atoms with Crippen molar-refractivity contribution in [2.75, 3.05) is 6.54 Å². The van der Waals surface area contributed by atoms with E-state index in [0.717, 1.165) is 19.4 Å². The fraction of sp³-hybridized carbons (Fsp3) is 0.412. The number of hydrogen-bond acceptors (Lipinski definition) is 2. The Morgan fingerprint density at radius 3 is 2.37 bits per heavy atom. The molecular weight excluding hydrogens is 234 g/mol. The molecule has 2 rings (SSSR count). The van der Waals surface area contributed by atoms with E-state index in [0.29, 0.717) is 0 Å². The Labute approximate surface area is 115 Å². The van der Waals surface area contributed by atoms with Crippen molar-refractivity contribution in [3.8, 4) is 0 Å². The lowest BCUT2D eigenvalue weighted by molar-refractivity contribution is 0.553. The number of rotatable bonds is 6. The van der Waals surface area contributed by atoms with Gasteiger partial charge < -0.3 is 9.73 Å². The normalized spacial score (nSPS) is 12.6. The van der Waals surface area contributed by atoms with Crippen molar-refractivity contribution in [3.05, 3.63) is 59.0 Å². The Hall–Kier alpha value is -1.54. The summed E-state index contributed by atoms with van der Waals surface area (Å²) in [5, 5.41) is 3.53. The summed E-state index contributed by atoms with van der Waals surface area (Å²) in [6, 6.07) is 9.09. The number of nitrogens with one attached hydrogen (secondary N) is 1. The van der Waals surface area contributed by atoms with Gasteiger partial charge in [-0.25, -0.2) is 0 Å². The SMILES string of the molecule is CCNC(c1ccoc1)c1ccc(CC)c(CC)c1.